The first-order valence-corrected chi connectivity index (χ1v) is 40.9. The number of carbonyl (C=O) groups is 10. The Morgan fingerprint density at radius 1 is 0.354 bits per heavy atom. The number of Topliss-reactive ketones (excluding diaryl/α,β-unsaturated/α-hetero) is 4. The first-order chi connectivity index (χ1) is 54.1. The summed E-state index contributed by atoms with van der Waals surface area (Å²) in [5.74, 6) is -2.85. The number of nitrogens with one attached hydrogen (secondary N) is 6. The lowest BCUT2D eigenvalue weighted by molar-refractivity contribution is -0.282. The fraction of sp³-hybridized carbons (Fsp3) is 0.872. The zero-order chi connectivity index (χ0) is 83.4. The zero-order valence-electron chi connectivity index (χ0n) is 67.5. The number of hydrogen-bond donors (Lipinski definition) is 15. The zero-order valence-corrected chi connectivity index (χ0v) is 67.5. The lowest BCUT2D eigenvalue weighted by Crippen LogP contribution is -2.64. The van der Waals surface area contributed by atoms with Crippen LogP contribution < -0.4 is 31.9 Å². The van der Waals surface area contributed by atoms with Crippen molar-refractivity contribution in [2.75, 3.05) is 106 Å². The van der Waals surface area contributed by atoms with E-state index in [0.29, 0.717) is 116 Å². The first kappa shape index (κ1) is 102. The summed E-state index contributed by atoms with van der Waals surface area (Å²) >= 11 is 0. The molecule has 0 spiro atoms. The Morgan fingerprint density at radius 2 is 0.681 bits per heavy atom. The van der Waals surface area contributed by atoms with Crippen LogP contribution in [0.5, 0.6) is 0 Å². The number of hydrogen-bond acceptors (Lipinski definition) is 29. The Hall–Kier alpha value is -5.26. The maximum Gasteiger partial charge on any atom is 0.222 e. The van der Waals surface area contributed by atoms with Crippen LogP contribution in [0.1, 0.15) is 227 Å². The third-order valence-corrected chi connectivity index (χ3v) is 19.6. The fourth-order valence-corrected chi connectivity index (χ4v) is 12.9. The maximum absolute atomic E-state index is 14.0. The van der Waals surface area contributed by atoms with Crippen LogP contribution in [0.15, 0.2) is 0 Å². The van der Waals surface area contributed by atoms with Crippen molar-refractivity contribution < 1.29 is 141 Å². The molecule has 113 heavy (non-hydrogen) atoms. The van der Waals surface area contributed by atoms with Crippen LogP contribution in [0, 0.1) is 5.92 Å². The molecule has 35 nitrogen and oxygen atoms in total. The monoisotopic (exact) mass is 1620 g/mol. The van der Waals surface area contributed by atoms with Gasteiger partial charge in [0.05, 0.1) is 71.7 Å². The molecule has 0 bridgehead atoms. The molecule has 3 rings (SSSR count). The minimum atomic E-state index is -1.46. The largest absolute Gasteiger partial charge is 0.394 e. The topological polar surface area (TPSA) is 517 Å². The average Bonchev–Trinajstić information content (AvgIpc) is 0.777. The van der Waals surface area contributed by atoms with Crippen LogP contribution >= 0.6 is 0 Å². The summed E-state index contributed by atoms with van der Waals surface area (Å²) in [6.07, 6.45) is -1.97. The second-order valence-electron chi connectivity index (χ2n) is 30.0. The number of aliphatic hydroxyl groups excluding tert-OH is 9. The third-order valence-electron chi connectivity index (χ3n) is 19.6. The highest BCUT2D eigenvalue weighted by molar-refractivity contribution is 5.81. The molecular weight excluding hydrogens is 1480 g/mol. The molecule has 3 heterocycles. The molecule has 0 saturated carbocycles. The van der Waals surface area contributed by atoms with Gasteiger partial charge in [0.2, 0.25) is 35.4 Å². The van der Waals surface area contributed by atoms with E-state index < -0.39 is 135 Å². The van der Waals surface area contributed by atoms with Gasteiger partial charge < -0.3 is 125 Å². The molecule has 654 valence electrons. The summed E-state index contributed by atoms with van der Waals surface area (Å²) in [7, 11) is 0. The number of ether oxygens (including phenoxy) is 10. The number of carbonyl (C=O) groups excluding carboxylic acids is 10. The van der Waals surface area contributed by atoms with E-state index in [1.165, 1.54) is 13.8 Å². The molecule has 3 aliphatic heterocycles. The van der Waals surface area contributed by atoms with Crippen molar-refractivity contribution in [3.05, 3.63) is 0 Å². The Kier molecular flexibility index (Phi) is 54.3. The summed E-state index contributed by atoms with van der Waals surface area (Å²) in [5, 5.41) is 107. The number of ketones is 4. The molecule has 35 heteroatoms. The van der Waals surface area contributed by atoms with Crippen LogP contribution in [0.2, 0.25) is 0 Å². The van der Waals surface area contributed by atoms with Crippen LogP contribution in [0.3, 0.4) is 0 Å². The molecule has 15 N–H and O–H groups in total. The van der Waals surface area contributed by atoms with Crippen LogP contribution in [0.25, 0.3) is 0 Å². The van der Waals surface area contributed by atoms with E-state index in [4.69, 9.17) is 47.4 Å². The highest BCUT2D eigenvalue weighted by atomic mass is 16.7. The summed E-state index contributed by atoms with van der Waals surface area (Å²) in [5.41, 5.74) is -1.43. The molecule has 0 aromatic carbocycles. The van der Waals surface area contributed by atoms with Crippen molar-refractivity contribution in [3.63, 3.8) is 0 Å². The van der Waals surface area contributed by atoms with Gasteiger partial charge in [-0.1, -0.05) is 32.6 Å². The van der Waals surface area contributed by atoms with Gasteiger partial charge in [0, 0.05) is 143 Å². The molecule has 0 aromatic heterocycles. The standard InChI is InChI=1S/C78H138N6O29/c1-52(2)107-39-18-7-6-17-36-79-64(95)31-22-32-66(97)84-78(49-104-43-33-58(92)26-12-8-10-24-56(90)28-14-19-40-108-75-53(3)69(98)70(99)60(46-85)111-75,50-105-44-34-59(93)27-13-9-11-25-57(91)29-15-20-41-109-76-67(82-54(4)88)73(102)71(100)61(47-86)112-76)51-106-45-35-65(96)81-38-23-37-80-63(94)30-16-21-42-110-77-68(83-55(5)89)74(103)72(101)62(48-87)113-77/h52-53,60-62,67-77,85-87,98-103H,6-51H2,1-5H3,(H,79,95)(H,80,94)(H,81,96)(H,82,88)(H,83,89)(H,84,97)/t53?,60?,61?,62?,67?,68?,69-,70+,71+,72+,73-,74-,75-,76-,77-,78?/m1/s1. The number of amides is 6. The minimum absolute atomic E-state index is 0.0155. The molecule has 3 saturated heterocycles. The van der Waals surface area contributed by atoms with Gasteiger partial charge in [0.1, 0.15) is 89.6 Å². The van der Waals surface area contributed by atoms with Gasteiger partial charge in [0.25, 0.3) is 0 Å². The molecule has 3 fully saturated rings. The molecule has 0 aliphatic carbocycles. The van der Waals surface area contributed by atoms with Crippen molar-refractivity contribution in [2.45, 2.75) is 325 Å². The summed E-state index contributed by atoms with van der Waals surface area (Å²) < 4.78 is 58.0. The predicted molar refractivity (Wildman–Crippen MR) is 407 cm³/mol. The number of unbranched alkanes of at least 4 members (excludes halogenated alkanes) is 10. The van der Waals surface area contributed by atoms with E-state index in [-0.39, 0.29) is 184 Å². The predicted octanol–water partition coefficient (Wildman–Crippen LogP) is 0.656. The Labute approximate surface area is 665 Å². The van der Waals surface area contributed by atoms with Crippen LogP contribution in [-0.4, -0.2) is 308 Å². The Morgan fingerprint density at radius 3 is 1.11 bits per heavy atom. The van der Waals surface area contributed by atoms with Crippen molar-refractivity contribution in [2.24, 2.45) is 5.92 Å². The summed E-state index contributed by atoms with van der Waals surface area (Å²) in [6.45, 7) is 7.65. The van der Waals surface area contributed by atoms with Gasteiger partial charge in [-0.15, -0.1) is 0 Å². The van der Waals surface area contributed by atoms with Crippen molar-refractivity contribution >= 4 is 58.6 Å². The van der Waals surface area contributed by atoms with Gasteiger partial charge in [-0.3, -0.25) is 47.9 Å². The number of rotatable bonds is 67. The first-order valence-electron chi connectivity index (χ1n) is 40.9. The molecule has 7 unspecified atom stereocenters. The molecule has 3 aliphatic rings. The SMILES string of the molecule is CC(=O)NC1[C@H](OCCCCC(=O)CCCCCC(=O)CCOCC(COCCC(=O)CCCCCC(=O)CCCCO[C@@H]2OC(CO)[C@H](O)[C@H](O)C2C)(COCCC(=O)NCCCNC(=O)CCCCO[C@@H]2OC(CO)[C@H](O)[C@H](O)C2NC(C)=O)NC(=O)CCCC(=O)NCCCCCCOC(C)C)OC(CO)[C@H](O)[C@@H]1O. The summed E-state index contributed by atoms with van der Waals surface area (Å²) in [4.78, 5) is 128. The highest BCUT2D eigenvalue weighted by Gasteiger charge is 2.47. The highest BCUT2D eigenvalue weighted by Crippen LogP contribution is 2.28. The maximum atomic E-state index is 14.0. The summed E-state index contributed by atoms with van der Waals surface area (Å²) in [6, 6.07) is -2.16. The molecule has 0 radical (unpaired) electrons. The third kappa shape index (κ3) is 44.2. The minimum Gasteiger partial charge on any atom is -0.394 e. The van der Waals surface area contributed by atoms with Crippen molar-refractivity contribution in [3.8, 4) is 0 Å². The van der Waals surface area contributed by atoms with Crippen LogP contribution in [-0.2, 0) is 95.3 Å². The average molecular weight is 1620 g/mol. The molecule has 16 atom stereocenters. The molecular formula is C78H138N6O29. The lowest BCUT2D eigenvalue weighted by Gasteiger charge is -2.42. The van der Waals surface area contributed by atoms with E-state index in [1.54, 1.807) is 6.92 Å². The van der Waals surface area contributed by atoms with E-state index in [9.17, 15) is 93.9 Å². The molecule has 0 aromatic rings. The smallest absolute Gasteiger partial charge is 0.222 e. The molecule has 6 amide bonds. The van der Waals surface area contributed by atoms with E-state index in [1.807, 2.05) is 13.8 Å². The second-order valence-corrected chi connectivity index (χ2v) is 30.0. The Bertz CT molecular complexity index is 2600. The van der Waals surface area contributed by atoms with Gasteiger partial charge in [-0.25, -0.2) is 0 Å². The quantitative estimate of drug-likeness (QED) is 0.0372. The van der Waals surface area contributed by atoms with Crippen molar-refractivity contribution in [1.82, 2.24) is 31.9 Å². The normalized spacial score (nSPS) is 24.3. The van der Waals surface area contributed by atoms with E-state index in [0.717, 1.165) is 25.7 Å². The Balaban J connectivity index is 1.57. The van der Waals surface area contributed by atoms with Gasteiger partial charge in [-0.2, -0.15) is 0 Å². The van der Waals surface area contributed by atoms with Gasteiger partial charge in [-0.05, 0) is 104 Å². The van der Waals surface area contributed by atoms with Gasteiger partial charge >= 0.3 is 0 Å². The van der Waals surface area contributed by atoms with Crippen molar-refractivity contribution in [1.29, 1.82) is 0 Å². The van der Waals surface area contributed by atoms with Crippen LogP contribution in [0.4, 0.5) is 0 Å². The number of aliphatic hydroxyl groups is 9. The van der Waals surface area contributed by atoms with Gasteiger partial charge in [0.15, 0.2) is 18.9 Å². The second kappa shape index (κ2) is 60.3. The fourth-order valence-electron chi connectivity index (χ4n) is 12.9. The van der Waals surface area contributed by atoms with E-state index in [2.05, 4.69) is 31.9 Å². The van der Waals surface area contributed by atoms with E-state index >= 15 is 0 Å². The lowest BCUT2D eigenvalue weighted by atomic mass is 9.92.